The van der Waals surface area contributed by atoms with Crippen LogP contribution in [0.15, 0.2) is 47.3 Å². The van der Waals surface area contributed by atoms with Crippen molar-refractivity contribution in [2.75, 3.05) is 11.9 Å². The largest absolute Gasteiger partial charge is 0.376 e. The van der Waals surface area contributed by atoms with Crippen molar-refractivity contribution in [3.63, 3.8) is 0 Å². The van der Waals surface area contributed by atoms with Crippen molar-refractivity contribution in [2.45, 2.75) is 20.4 Å². The van der Waals surface area contributed by atoms with Crippen molar-refractivity contribution in [2.24, 2.45) is 7.05 Å². The van der Waals surface area contributed by atoms with Crippen molar-refractivity contribution in [1.29, 1.82) is 0 Å². The van der Waals surface area contributed by atoms with Crippen molar-refractivity contribution in [3.05, 3.63) is 64.1 Å². The Labute approximate surface area is 162 Å². The zero-order valence-corrected chi connectivity index (χ0v) is 16.1. The molecule has 0 saturated heterocycles. The van der Waals surface area contributed by atoms with E-state index in [-0.39, 0.29) is 18.8 Å². The molecule has 2 aromatic carbocycles. The summed E-state index contributed by atoms with van der Waals surface area (Å²) in [5.41, 5.74) is 8.84. The van der Waals surface area contributed by atoms with Crippen LogP contribution in [0.4, 0.5) is 5.69 Å². The molecule has 1 heterocycles. The highest BCUT2D eigenvalue weighted by Gasteiger charge is 2.13. The molecule has 0 atom stereocenters. The van der Waals surface area contributed by atoms with E-state index in [2.05, 4.69) is 16.2 Å². The Hall–Kier alpha value is -3.55. The van der Waals surface area contributed by atoms with Gasteiger partial charge in [-0.1, -0.05) is 29.8 Å². The molecule has 0 spiro atoms. The van der Waals surface area contributed by atoms with E-state index >= 15 is 0 Å². The van der Waals surface area contributed by atoms with Crippen LogP contribution in [0.1, 0.15) is 11.1 Å². The number of imidazole rings is 1. The predicted molar refractivity (Wildman–Crippen MR) is 108 cm³/mol. The van der Waals surface area contributed by atoms with Crippen LogP contribution in [0.2, 0.25) is 0 Å². The lowest BCUT2D eigenvalue weighted by Crippen LogP contribution is -2.46. The molecule has 3 aromatic rings. The topological polar surface area (TPSA) is 97.2 Å². The lowest BCUT2D eigenvalue weighted by molar-refractivity contribution is -0.128. The van der Waals surface area contributed by atoms with Crippen LogP contribution in [0.5, 0.6) is 0 Å². The molecule has 0 aliphatic heterocycles. The van der Waals surface area contributed by atoms with E-state index in [0.717, 1.165) is 22.3 Å². The molecule has 0 bridgehead atoms. The molecular weight excluding hydrogens is 358 g/mol. The number of aryl methyl sites for hydroxylation is 3. The molecule has 0 aliphatic rings. The molecule has 8 nitrogen and oxygen atoms in total. The van der Waals surface area contributed by atoms with Crippen LogP contribution in [-0.2, 0) is 23.2 Å². The molecule has 2 amide bonds. The highest BCUT2D eigenvalue weighted by Crippen LogP contribution is 2.15. The van der Waals surface area contributed by atoms with Gasteiger partial charge in [0.2, 0.25) is 0 Å². The molecule has 0 saturated carbocycles. The fourth-order valence-corrected chi connectivity index (χ4v) is 3.07. The molecule has 3 N–H and O–H groups in total. The Kier molecular flexibility index (Phi) is 5.49. The summed E-state index contributed by atoms with van der Waals surface area (Å²) in [5.74, 6) is -0.878. The van der Waals surface area contributed by atoms with Gasteiger partial charge < -0.3 is 5.32 Å². The molecule has 1 aromatic heterocycles. The van der Waals surface area contributed by atoms with E-state index < -0.39 is 11.8 Å². The Bertz CT molecular complexity index is 1100. The Balaban J connectivity index is 1.55. The molecule has 8 heteroatoms. The Morgan fingerprint density at radius 1 is 0.964 bits per heavy atom. The van der Waals surface area contributed by atoms with Crippen molar-refractivity contribution in [3.8, 4) is 0 Å². The van der Waals surface area contributed by atoms with Crippen LogP contribution in [0.25, 0.3) is 11.0 Å². The third-order valence-corrected chi connectivity index (χ3v) is 4.52. The first-order valence-corrected chi connectivity index (χ1v) is 8.90. The monoisotopic (exact) mass is 381 g/mol. The van der Waals surface area contributed by atoms with Gasteiger partial charge in [0, 0.05) is 12.7 Å². The van der Waals surface area contributed by atoms with Gasteiger partial charge >= 0.3 is 5.69 Å². The molecule has 3 rings (SSSR count). The lowest BCUT2D eigenvalue weighted by Gasteiger charge is -2.11. The summed E-state index contributed by atoms with van der Waals surface area (Å²) >= 11 is 0. The van der Waals surface area contributed by atoms with Gasteiger partial charge in [-0.3, -0.25) is 29.6 Å². The molecule has 0 aliphatic carbocycles. The number of para-hydroxylation sites is 2. The highest BCUT2D eigenvalue weighted by molar-refractivity contribution is 5.85. The van der Waals surface area contributed by atoms with E-state index in [1.54, 1.807) is 19.2 Å². The molecule has 0 unspecified atom stereocenters. The number of nitrogens with one attached hydrogen (secondary N) is 3. The second-order valence-electron chi connectivity index (χ2n) is 6.68. The SMILES string of the molecule is Cc1ccc(NCC(=O)NNC(=O)Cn2c(=O)n(C)c3ccccc32)c(C)c1. The van der Waals surface area contributed by atoms with Gasteiger partial charge in [-0.15, -0.1) is 0 Å². The van der Waals surface area contributed by atoms with Crippen LogP contribution >= 0.6 is 0 Å². The zero-order valence-electron chi connectivity index (χ0n) is 16.1. The van der Waals surface area contributed by atoms with Gasteiger partial charge in [-0.25, -0.2) is 4.79 Å². The summed E-state index contributed by atoms with van der Waals surface area (Å²) in [7, 11) is 1.65. The van der Waals surface area contributed by atoms with Gasteiger partial charge in [0.05, 0.1) is 17.6 Å². The number of anilines is 1. The van der Waals surface area contributed by atoms with Gasteiger partial charge in [-0.2, -0.15) is 0 Å². The number of benzene rings is 2. The second kappa shape index (κ2) is 7.99. The second-order valence-corrected chi connectivity index (χ2v) is 6.68. The van der Waals surface area contributed by atoms with Crippen LogP contribution in [-0.4, -0.2) is 27.5 Å². The molecular formula is C20H23N5O3. The number of hydrogen-bond acceptors (Lipinski definition) is 4. The van der Waals surface area contributed by atoms with Crippen molar-refractivity contribution < 1.29 is 9.59 Å². The minimum Gasteiger partial charge on any atom is -0.376 e. The third kappa shape index (κ3) is 4.06. The van der Waals surface area contributed by atoms with Gasteiger partial charge in [0.15, 0.2) is 0 Å². The Morgan fingerprint density at radius 2 is 1.64 bits per heavy atom. The highest BCUT2D eigenvalue weighted by atomic mass is 16.2. The number of rotatable bonds is 5. The van der Waals surface area contributed by atoms with Crippen LogP contribution < -0.4 is 21.9 Å². The maximum absolute atomic E-state index is 12.3. The summed E-state index contributed by atoms with van der Waals surface area (Å²) in [6, 6.07) is 13.1. The number of amides is 2. The van der Waals surface area contributed by atoms with Gasteiger partial charge in [0.1, 0.15) is 6.54 Å². The maximum atomic E-state index is 12.3. The van der Waals surface area contributed by atoms with Crippen molar-refractivity contribution >= 4 is 28.5 Å². The standard InChI is InChI=1S/C20H23N5O3/c1-13-8-9-15(14(2)10-13)21-11-18(26)22-23-19(27)12-25-17-7-5-4-6-16(17)24(3)20(25)28/h4-10,21H,11-12H2,1-3H3,(H,22,26)(H,23,27). The first-order chi connectivity index (χ1) is 13.4. The first-order valence-electron chi connectivity index (χ1n) is 8.90. The number of aromatic nitrogens is 2. The summed E-state index contributed by atoms with van der Waals surface area (Å²) in [4.78, 5) is 36.5. The van der Waals surface area contributed by atoms with E-state index in [1.165, 1.54) is 9.13 Å². The molecule has 28 heavy (non-hydrogen) atoms. The summed E-state index contributed by atoms with van der Waals surface area (Å²) in [6.07, 6.45) is 0. The minimum atomic E-state index is -0.488. The molecule has 0 radical (unpaired) electrons. The smallest absolute Gasteiger partial charge is 0.329 e. The minimum absolute atomic E-state index is 0.0123. The number of hydrogen-bond donors (Lipinski definition) is 3. The lowest BCUT2D eigenvalue weighted by atomic mass is 10.1. The maximum Gasteiger partial charge on any atom is 0.329 e. The quantitative estimate of drug-likeness (QED) is 0.579. The van der Waals surface area contributed by atoms with Gasteiger partial charge in [0.25, 0.3) is 11.8 Å². The van der Waals surface area contributed by atoms with Crippen LogP contribution in [0.3, 0.4) is 0 Å². The van der Waals surface area contributed by atoms with Crippen LogP contribution in [0, 0.1) is 13.8 Å². The van der Waals surface area contributed by atoms with E-state index in [9.17, 15) is 14.4 Å². The average molecular weight is 381 g/mol. The van der Waals surface area contributed by atoms with E-state index in [4.69, 9.17) is 0 Å². The first kappa shape index (κ1) is 19.2. The van der Waals surface area contributed by atoms with Crippen molar-refractivity contribution in [1.82, 2.24) is 20.0 Å². The fourth-order valence-electron chi connectivity index (χ4n) is 3.07. The predicted octanol–water partition coefficient (Wildman–Crippen LogP) is 1.22. The fraction of sp³-hybridized carbons (Fsp3) is 0.250. The molecule has 0 fully saturated rings. The number of nitrogens with zero attached hydrogens (tertiary/aromatic N) is 2. The normalized spacial score (nSPS) is 10.7. The number of fused-ring (bicyclic) bond motifs is 1. The summed E-state index contributed by atoms with van der Waals surface area (Å²) in [6.45, 7) is 3.78. The Morgan fingerprint density at radius 3 is 2.36 bits per heavy atom. The number of carbonyl (C=O) groups excluding carboxylic acids is 2. The van der Waals surface area contributed by atoms with E-state index in [1.807, 2.05) is 44.2 Å². The third-order valence-electron chi connectivity index (χ3n) is 4.52. The zero-order chi connectivity index (χ0) is 20.3. The molecule has 146 valence electrons. The van der Waals surface area contributed by atoms with E-state index in [0.29, 0.717) is 5.52 Å². The average Bonchev–Trinajstić information content (AvgIpc) is 2.91. The van der Waals surface area contributed by atoms with Gasteiger partial charge in [-0.05, 0) is 37.6 Å². The summed E-state index contributed by atoms with van der Waals surface area (Å²) < 4.78 is 2.85. The summed E-state index contributed by atoms with van der Waals surface area (Å²) in [5, 5.41) is 3.03. The number of carbonyl (C=O) groups is 2. The number of hydrazine groups is 1.